The van der Waals surface area contributed by atoms with Crippen LogP contribution < -0.4 is 0 Å². The van der Waals surface area contributed by atoms with Gasteiger partial charge in [-0.2, -0.15) is 0 Å². The van der Waals surface area contributed by atoms with E-state index in [-0.39, 0.29) is 10.6 Å². The van der Waals surface area contributed by atoms with Gasteiger partial charge in [0, 0.05) is 34.6 Å². The molecular formula is C28H28N2O2. The Morgan fingerprint density at radius 2 is 1.09 bits per heavy atom. The van der Waals surface area contributed by atoms with Crippen molar-refractivity contribution in [3.05, 3.63) is 106 Å². The first-order valence-corrected chi connectivity index (χ1v) is 11.0. The zero-order chi connectivity index (χ0) is 22.8. The molecule has 1 heterocycles. The summed E-state index contributed by atoms with van der Waals surface area (Å²) in [5.74, 6) is 0.592. The van der Waals surface area contributed by atoms with E-state index < -0.39 is 0 Å². The molecule has 1 aromatic heterocycles. The van der Waals surface area contributed by atoms with Crippen molar-refractivity contribution >= 4 is 5.69 Å². The third kappa shape index (κ3) is 3.96. The minimum absolute atomic E-state index is 0.0933. The maximum atomic E-state index is 11.9. The van der Waals surface area contributed by atoms with Crippen molar-refractivity contribution in [3.63, 3.8) is 0 Å². The van der Waals surface area contributed by atoms with E-state index in [1.165, 1.54) is 11.4 Å². The highest BCUT2D eigenvalue weighted by atomic mass is 16.6. The van der Waals surface area contributed by atoms with Crippen LogP contribution in [0.3, 0.4) is 0 Å². The molecule has 0 aliphatic carbocycles. The summed E-state index contributed by atoms with van der Waals surface area (Å²) in [4.78, 5) is 11.6. The Morgan fingerprint density at radius 3 is 1.44 bits per heavy atom. The van der Waals surface area contributed by atoms with Gasteiger partial charge in [0.15, 0.2) is 0 Å². The highest BCUT2D eigenvalue weighted by Gasteiger charge is 2.24. The number of hydrogen-bond acceptors (Lipinski definition) is 2. The van der Waals surface area contributed by atoms with Gasteiger partial charge in [-0.05, 0) is 35.1 Å². The number of hydrogen-bond donors (Lipinski definition) is 0. The van der Waals surface area contributed by atoms with Crippen LogP contribution in [-0.4, -0.2) is 9.49 Å². The van der Waals surface area contributed by atoms with Crippen LogP contribution in [0.5, 0.6) is 0 Å². The van der Waals surface area contributed by atoms with Crippen LogP contribution in [0.2, 0.25) is 0 Å². The van der Waals surface area contributed by atoms with Gasteiger partial charge in [-0.1, -0.05) is 88.4 Å². The molecule has 4 aromatic rings. The van der Waals surface area contributed by atoms with Gasteiger partial charge in [-0.15, -0.1) is 0 Å². The first-order valence-electron chi connectivity index (χ1n) is 11.0. The molecule has 0 spiro atoms. The van der Waals surface area contributed by atoms with Gasteiger partial charge in [0.1, 0.15) is 0 Å². The lowest BCUT2D eigenvalue weighted by Gasteiger charge is -2.24. The maximum absolute atomic E-state index is 11.9. The molecule has 0 amide bonds. The molecule has 3 aromatic carbocycles. The average molecular weight is 425 g/mol. The van der Waals surface area contributed by atoms with Crippen molar-refractivity contribution in [3.8, 4) is 27.9 Å². The second kappa shape index (κ2) is 8.83. The standard InChI is InChI=1S/C28H28N2O2/c1-19(2)26-15-16-27(20(3)4)29(26)28-24(21-11-7-5-8-12-21)17-23(30(31)32)18-25(28)22-13-9-6-10-14-22/h5-20H,1-4H3. The number of nitro benzene ring substituents is 1. The highest BCUT2D eigenvalue weighted by molar-refractivity contribution is 5.88. The van der Waals surface area contributed by atoms with E-state index in [0.29, 0.717) is 11.8 Å². The molecule has 0 unspecified atom stereocenters. The number of nitro groups is 1. The van der Waals surface area contributed by atoms with Crippen molar-refractivity contribution in [2.45, 2.75) is 39.5 Å². The van der Waals surface area contributed by atoms with Gasteiger partial charge in [0.25, 0.3) is 5.69 Å². The molecule has 4 rings (SSSR count). The van der Waals surface area contributed by atoms with Crippen molar-refractivity contribution < 1.29 is 4.92 Å². The smallest absolute Gasteiger partial charge is 0.270 e. The molecular weight excluding hydrogens is 396 g/mol. The third-order valence-corrected chi connectivity index (χ3v) is 5.82. The lowest BCUT2D eigenvalue weighted by atomic mass is 9.93. The monoisotopic (exact) mass is 424 g/mol. The zero-order valence-corrected chi connectivity index (χ0v) is 18.9. The Hall–Kier alpha value is -3.66. The van der Waals surface area contributed by atoms with Crippen LogP contribution >= 0.6 is 0 Å². The normalized spacial score (nSPS) is 11.3. The van der Waals surface area contributed by atoms with Gasteiger partial charge < -0.3 is 4.57 Å². The fraction of sp³-hybridized carbons (Fsp3) is 0.214. The van der Waals surface area contributed by atoms with Gasteiger partial charge in [-0.25, -0.2) is 0 Å². The van der Waals surface area contributed by atoms with Crippen LogP contribution in [0.25, 0.3) is 27.9 Å². The van der Waals surface area contributed by atoms with Crippen LogP contribution in [0.4, 0.5) is 5.69 Å². The Kier molecular flexibility index (Phi) is 5.95. The fourth-order valence-corrected chi connectivity index (χ4v) is 4.27. The van der Waals surface area contributed by atoms with Gasteiger partial charge >= 0.3 is 0 Å². The molecule has 0 saturated carbocycles. The van der Waals surface area contributed by atoms with Gasteiger partial charge in [0.05, 0.1) is 10.6 Å². The quantitative estimate of drug-likeness (QED) is 0.233. The Balaban J connectivity index is 2.19. The number of benzene rings is 3. The van der Waals surface area contributed by atoms with Crippen LogP contribution in [0, 0.1) is 10.1 Å². The topological polar surface area (TPSA) is 48.1 Å². The first kappa shape index (κ1) is 21.6. The van der Waals surface area contributed by atoms with Crippen LogP contribution in [-0.2, 0) is 0 Å². The summed E-state index contributed by atoms with van der Waals surface area (Å²) < 4.78 is 2.32. The molecule has 162 valence electrons. The van der Waals surface area contributed by atoms with E-state index in [4.69, 9.17) is 0 Å². The highest BCUT2D eigenvalue weighted by Crippen LogP contribution is 2.42. The molecule has 0 saturated heterocycles. The summed E-state index contributed by atoms with van der Waals surface area (Å²) in [5.41, 5.74) is 7.11. The largest absolute Gasteiger partial charge is 0.316 e. The second-order valence-corrected chi connectivity index (χ2v) is 8.71. The van der Waals surface area contributed by atoms with E-state index in [9.17, 15) is 10.1 Å². The number of aromatic nitrogens is 1. The molecule has 0 N–H and O–H groups in total. The minimum atomic E-state index is -0.301. The minimum Gasteiger partial charge on any atom is -0.316 e. The Bertz CT molecular complexity index is 1150. The lowest BCUT2D eigenvalue weighted by molar-refractivity contribution is -0.384. The third-order valence-electron chi connectivity index (χ3n) is 5.82. The molecule has 32 heavy (non-hydrogen) atoms. The van der Waals surface area contributed by atoms with Crippen LogP contribution in [0.15, 0.2) is 84.9 Å². The van der Waals surface area contributed by atoms with E-state index in [0.717, 1.165) is 27.9 Å². The fourth-order valence-electron chi connectivity index (χ4n) is 4.27. The van der Waals surface area contributed by atoms with Gasteiger partial charge in [0.2, 0.25) is 0 Å². The molecule has 0 aliphatic heterocycles. The number of nitrogens with zero attached hydrogens (tertiary/aromatic N) is 2. The first-order chi connectivity index (χ1) is 15.4. The van der Waals surface area contributed by atoms with Crippen molar-refractivity contribution in [2.75, 3.05) is 0 Å². The lowest BCUT2D eigenvalue weighted by Crippen LogP contribution is -2.10. The average Bonchev–Trinajstić information content (AvgIpc) is 3.25. The summed E-state index contributed by atoms with van der Waals surface area (Å²) in [6, 6.07) is 27.7. The summed E-state index contributed by atoms with van der Waals surface area (Å²) in [7, 11) is 0. The van der Waals surface area contributed by atoms with Crippen molar-refractivity contribution in [1.29, 1.82) is 0 Å². The molecule has 0 radical (unpaired) electrons. The van der Waals surface area contributed by atoms with E-state index in [1.807, 2.05) is 60.7 Å². The second-order valence-electron chi connectivity index (χ2n) is 8.71. The number of rotatable bonds is 6. The van der Waals surface area contributed by atoms with E-state index in [2.05, 4.69) is 44.4 Å². The summed E-state index contributed by atoms with van der Waals surface area (Å²) >= 11 is 0. The maximum Gasteiger partial charge on any atom is 0.270 e. The summed E-state index contributed by atoms with van der Waals surface area (Å²) in [6.07, 6.45) is 0. The summed E-state index contributed by atoms with van der Waals surface area (Å²) in [6.45, 7) is 8.74. The molecule has 4 heteroatoms. The SMILES string of the molecule is CC(C)c1ccc(C(C)C)n1-c1c(-c2ccccc2)cc([N+](=O)[O-])cc1-c1ccccc1. The zero-order valence-electron chi connectivity index (χ0n) is 18.9. The van der Waals surface area contributed by atoms with Crippen molar-refractivity contribution in [2.24, 2.45) is 0 Å². The summed E-state index contributed by atoms with van der Waals surface area (Å²) in [5, 5.41) is 11.9. The molecule has 0 atom stereocenters. The Morgan fingerprint density at radius 1 is 0.688 bits per heavy atom. The van der Waals surface area contributed by atoms with Crippen molar-refractivity contribution in [1.82, 2.24) is 4.57 Å². The predicted octanol–water partition coefficient (Wildman–Crippen LogP) is 7.97. The molecule has 0 bridgehead atoms. The number of non-ortho nitro benzene ring substituents is 1. The van der Waals surface area contributed by atoms with E-state index in [1.54, 1.807) is 12.1 Å². The van der Waals surface area contributed by atoms with E-state index >= 15 is 0 Å². The van der Waals surface area contributed by atoms with Crippen LogP contribution in [0.1, 0.15) is 50.9 Å². The molecule has 0 aliphatic rings. The molecule has 0 fully saturated rings. The Labute approximate surface area is 189 Å². The molecule has 4 nitrogen and oxygen atoms in total. The predicted molar refractivity (Wildman–Crippen MR) is 131 cm³/mol. The van der Waals surface area contributed by atoms with Gasteiger partial charge in [-0.3, -0.25) is 10.1 Å².